The molecule has 1 aliphatic carbocycles. The molecule has 0 spiro atoms. The maximum absolute atomic E-state index is 6.16. The molecule has 6 aromatic carbocycles. The van der Waals surface area contributed by atoms with Gasteiger partial charge in [-0.1, -0.05) is 121 Å². The van der Waals surface area contributed by atoms with E-state index in [0.29, 0.717) is 24.7 Å². The molecule has 0 fully saturated rings. The van der Waals surface area contributed by atoms with E-state index in [1.54, 1.807) is 0 Å². The molecule has 7 rings (SSSR count). The summed E-state index contributed by atoms with van der Waals surface area (Å²) in [5.41, 5.74) is 11.3. The Balaban J connectivity index is 1.62. The number of fused-ring (bicyclic) bond motifs is 3. The Labute approximate surface area is 276 Å². The van der Waals surface area contributed by atoms with Gasteiger partial charge in [0.1, 0.15) is 11.5 Å². The average molecular weight is 623 g/mol. The second-order valence-electron chi connectivity index (χ2n) is 11.1. The van der Waals surface area contributed by atoms with Crippen LogP contribution in [0.3, 0.4) is 0 Å². The summed E-state index contributed by atoms with van der Waals surface area (Å²) in [4.78, 5) is 0. The van der Waals surface area contributed by atoms with E-state index in [-0.39, 0.29) is 0 Å². The van der Waals surface area contributed by atoms with Crippen molar-refractivity contribution < 1.29 is 9.47 Å². The predicted octanol–water partition coefficient (Wildman–Crippen LogP) is 10.0. The van der Waals surface area contributed by atoms with Crippen molar-refractivity contribution >= 4 is 25.3 Å². The molecule has 222 valence electrons. The molecule has 0 aromatic heterocycles. The van der Waals surface area contributed by atoms with E-state index >= 15 is 0 Å². The van der Waals surface area contributed by atoms with Gasteiger partial charge in [0.2, 0.25) is 0 Å². The largest absolute Gasteiger partial charge is 0.493 e. The number of rotatable bonds is 10. The van der Waals surface area contributed by atoms with Gasteiger partial charge in [-0.3, -0.25) is 0 Å². The van der Waals surface area contributed by atoms with E-state index in [1.807, 2.05) is 0 Å². The van der Waals surface area contributed by atoms with Gasteiger partial charge in [0, 0.05) is 11.5 Å². The Kier molecular flexibility index (Phi) is 8.43. The highest BCUT2D eigenvalue weighted by molar-refractivity contribution is 7.80. The van der Waals surface area contributed by atoms with Crippen molar-refractivity contribution in [2.45, 2.75) is 5.41 Å². The Morgan fingerprint density at radius 3 is 1.20 bits per heavy atom. The fourth-order valence-electron chi connectivity index (χ4n) is 6.88. The van der Waals surface area contributed by atoms with Gasteiger partial charge in [0.25, 0.3) is 0 Å². The Hall–Kier alpha value is -4.38. The summed E-state index contributed by atoms with van der Waals surface area (Å²) in [6.45, 7) is 1.08. The van der Waals surface area contributed by atoms with Crippen molar-refractivity contribution in [1.29, 1.82) is 0 Å². The van der Waals surface area contributed by atoms with Crippen molar-refractivity contribution in [1.82, 2.24) is 0 Å². The minimum absolute atomic E-state index is 0.541. The summed E-state index contributed by atoms with van der Waals surface area (Å²) in [7, 11) is 0. The first kappa shape index (κ1) is 29.3. The molecule has 4 heteroatoms. The molecule has 0 atom stereocenters. The number of hydrogen-bond donors (Lipinski definition) is 2. The average Bonchev–Trinajstić information content (AvgIpc) is 3.41. The monoisotopic (exact) mass is 622 g/mol. The quantitative estimate of drug-likeness (QED) is 0.148. The standard InChI is InChI=1S/C41H34O2S2/c44-25-23-42-31-19-21-39(35(27-31)29-11-3-1-4-12-29)41(37-17-9-7-15-33(37)34-16-8-10-18-38(34)41)40-22-20-32(43-24-26-45)28-36(40)30-13-5-2-6-14-30/h1-22,27-28,44-45H,23-26H2. The fourth-order valence-corrected chi connectivity index (χ4v) is 7.06. The molecule has 0 aliphatic heterocycles. The highest BCUT2D eigenvalue weighted by atomic mass is 32.1. The zero-order valence-electron chi connectivity index (χ0n) is 24.9. The highest BCUT2D eigenvalue weighted by Crippen LogP contribution is 2.59. The Bertz CT molecular complexity index is 1790. The maximum atomic E-state index is 6.16. The number of hydrogen-bond acceptors (Lipinski definition) is 4. The van der Waals surface area contributed by atoms with Gasteiger partial charge >= 0.3 is 0 Å². The van der Waals surface area contributed by atoms with Crippen LogP contribution in [0, 0.1) is 0 Å². The zero-order valence-corrected chi connectivity index (χ0v) is 26.7. The molecule has 0 saturated heterocycles. The second-order valence-corrected chi connectivity index (χ2v) is 12.0. The molecule has 0 saturated carbocycles. The molecular weight excluding hydrogens is 589 g/mol. The summed E-state index contributed by atoms with van der Waals surface area (Å²) >= 11 is 8.80. The van der Waals surface area contributed by atoms with Gasteiger partial charge in [-0.05, 0) is 79.9 Å². The topological polar surface area (TPSA) is 18.5 Å². The van der Waals surface area contributed by atoms with Crippen LogP contribution in [0.2, 0.25) is 0 Å². The minimum Gasteiger partial charge on any atom is -0.493 e. The van der Waals surface area contributed by atoms with Gasteiger partial charge in [-0.15, -0.1) is 0 Å². The molecule has 0 heterocycles. The highest BCUT2D eigenvalue weighted by Gasteiger charge is 2.48. The first-order valence-electron chi connectivity index (χ1n) is 15.3. The van der Waals surface area contributed by atoms with Crippen LogP contribution in [0.4, 0.5) is 0 Å². The van der Waals surface area contributed by atoms with Crippen LogP contribution in [-0.2, 0) is 5.41 Å². The van der Waals surface area contributed by atoms with Crippen molar-refractivity contribution in [3.63, 3.8) is 0 Å². The lowest BCUT2D eigenvalue weighted by atomic mass is 9.64. The molecule has 0 N–H and O–H groups in total. The second kappa shape index (κ2) is 12.9. The van der Waals surface area contributed by atoms with Crippen LogP contribution in [0.25, 0.3) is 33.4 Å². The van der Waals surface area contributed by atoms with Gasteiger partial charge < -0.3 is 9.47 Å². The van der Waals surface area contributed by atoms with Crippen LogP contribution in [0.5, 0.6) is 11.5 Å². The summed E-state index contributed by atoms with van der Waals surface area (Å²) < 4.78 is 12.3. The lowest BCUT2D eigenvalue weighted by molar-refractivity contribution is 0.344. The summed E-state index contributed by atoms with van der Waals surface area (Å²) in [6, 6.07) is 52.2. The fraction of sp³-hybridized carbons (Fsp3) is 0.122. The van der Waals surface area contributed by atoms with Crippen LogP contribution in [-0.4, -0.2) is 24.7 Å². The first-order chi connectivity index (χ1) is 22.3. The summed E-state index contributed by atoms with van der Waals surface area (Å²) in [5, 5.41) is 0. The van der Waals surface area contributed by atoms with E-state index in [9.17, 15) is 0 Å². The Morgan fingerprint density at radius 2 is 0.778 bits per heavy atom. The summed E-state index contributed by atoms with van der Waals surface area (Å²) in [6.07, 6.45) is 0. The third kappa shape index (κ3) is 5.22. The SMILES string of the molecule is SCCOc1ccc(C2(c3ccc(OCCS)cc3-c3ccccc3)c3ccccc3-c3ccccc32)c(-c2ccccc2)c1. The third-order valence-corrected chi connectivity index (χ3v) is 9.00. The molecule has 0 radical (unpaired) electrons. The van der Waals surface area contributed by atoms with Crippen LogP contribution in [0.15, 0.2) is 146 Å². The van der Waals surface area contributed by atoms with Crippen LogP contribution in [0.1, 0.15) is 22.3 Å². The van der Waals surface area contributed by atoms with Crippen molar-refractivity contribution in [2.75, 3.05) is 24.7 Å². The van der Waals surface area contributed by atoms with Gasteiger partial charge in [0.05, 0.1) is 18.6 Å². The van der Waals surface area contributed by atoms with Crippen LogP contribution >= 0.6 is 25.3 Å². The van der Waals surface area contributed by atoms with E-state index in [1.165, 1.54) is 33.4 Å². The first-order valence-corrected chi connectivity index (χ1v) is 16.6. The number of thiol groups is 2. The van der Waals surface area contributed by atoms with Crippen molar-refractivity contribution in [3.05, 3.63) is 168 Å². The Morgan fingerprint density at radius 1 is 0.400 bits per heavy atom. The molecule has 1 aliphatic rings. The van der Waals surface area contributed by atoms with Crippen molar-refractivity contribution in [2.24, 2.45) is 0 Å². The van der Waals surface area contributed by atoms with Crippen LogP contribution < -0.4 is 9.47 Å². The molecule has 2 nitrogen and oxygen atoms in total. The van der Waals surface area contributed by atoms with E-state index in [4.69, 9.17) is 9.47 Å². The zero-order chi connectivity index (χ0) is 30.6. The van der Waals surface area contributed by atoms with E-state index in [0.717, 1.165) is 33.8 Å². The normalized spacial score (nSPS) is 12.8. The lowest BCUT2D eigenvalue weighted by Crippen LogP contribution is -2.30. The number of benzene rings is 6. The predicted molar refractivity (Wildman–Crippen MR) is 193 cm³/mol. The molecule has 0 amide bonds. The molecular formula is C41H34O2S2. The lowest BCUT2D eigenvalue weighted by Gasteiger charge is -2.37. The van der Waals surface area contributed by atoms with E-state index in [2.05, 4.69) is 171 Å². The minimum atomic E-state index is -0.631. The third-order valence-electron chi connectivity index (χ3n) is 8.63. The van der Waals surface area contributed by atoms with Gasteiger partial charge in [-0.25, -0.2) is 0 Å². The summed E-state index contributed by atoms with van der Waals surface area (Å²) in [5.74, 6) is 2.96. The van der Waals surface area contributed by atoms with Gasteiger partial charge in [-0.2, -0.15) is 25.3 Å². The molecule has 0 bridgehead atoms. The van der Waals surface area contributed by atoms with Crippen molar-refractivity contribution in [3.8, 4) is 44.9 Å². The smallest absolute Gasteiger partial charge is 0.119 e. The molecule has 45 heavy (non-hydrogen) atoms. The van der Waals surface area contributed by atoms with Gasteiger partial charge in [0.15, 0.2) is 0 Å². The number of ether oxygens (including phenoxy) is 2. The molecule has 6 aromatic rings. The maximum Gasteiger partial charge on any atom is 0.119 e. The molecule has 0 unspecified atom stereocenters. The van der Waals surface area contributed by atoms with E-state index < -0.39 is 5.41 Å².